The maximum absolute atomic E-state index is 13.5. The van der Waals surface area contributed by atoms with Gasteiger partial charge >= 0.3 is 0 Å². The number of anilines is 1. The number of aryl methyl sites for hydroxylation is 2. The molecule has 1 aliphatic carbocycles. The average Bonchev–Trinajstić information content (AvgIpc) is 3.49. The zero-order valence-corrected chi connectivity index (χ0v) is 17.8. The number of benzene rings is 1. The second-order valence-corrected chi connectivity index (χ2v) is 8.27. The number of carbonyl (C=O) groups is 2. The zero-order valence-electron chi connectivity index (χ0n) is 17.0. The fraction of sp³-hybridized carbons (Fsp3) is 0.364. The summed E-state index contributed by atoms with van der Waals surface area (Å²) in [5.41, 5.74) is 2.80. The largest absolute Gasteiger partial charge is 0.467 e. The summed E-state index contributed by atoms with van der Waals surface area (Å²) >= 11 is 1.10. The van der Waals surface area contributed by atoms with Crippen LogP contribution in [0.5, 0.6) is 0 Å². The molecule has 1 saturated carbocycles. The third-order valence-electron chi connectivity index (χ3n) is 5.43. The minimum atomic E-state index is -0.948. The molecule has 0 aliphatic heterocycles. The number of rotatable bonds is 6. The molecule has 7 nitrogen and oxygen atoms in total. The second-order valence-electron chi connectivity index (χ2n) is 7.66. The van der Waals surface area contributed by atoms with Gasteiger partial charge < -0.3 is 9.73 Å². The van der Waals surface area contributed by atoms with Crippen LogP contribution in [0, 0.1) is 13.8 Å². The summed E-state index contributed by atoms with van der Waals surface area (Å²) in [6, 6.07) is 8.39. The predicted octanol–water partition coefficient (Wildman–Crippen LogP) is 4.19. The van der Waals surface area contributed by atoms with Crippen LogP contribution in [0.3, 0.4) is 0 Å². The molecule has 1 aromatic carbocycles. The smallest absolute Gasteiger partial charge is 0.280 e. The molecule has 1 fully saturated rings. The van der Waals surface area contributed by atoms with Gasteiger partial charge in [0, 0.05) is 17.1 Å². The summed E-state index contributed by atoms with van der Waals surface area (Å²) in [4.78, 5) is 28.5. The van der Waals surface area contributed by atoms with E-state index in [0.717, 1.165) is 48.3 Å². The van der Waals surface area contributed by atoms with Crippen molar-refractivity contribution in [1.29, 1.82) is 0 Å². The maximum atomic E-state index is 13.5. The van der Waals surface area contributed by atoms with Gasteiger partial charge in [-0.05, 0) is 62.0 Å². The van der Waals surface area contributed by atoms with Gasteiger partial charge in [-0.15, -0.1) is 5.10 Å². The molecular weight excluding hydrogens is 400 g/mol. The quantitative estimate of drug-likeness (QED) is 0.641. The Morgan fingerprint density at radius 2 is 2.03 bits per heavy atom. The number of aromatic nitrogens is 2. The number of furan rings is 1. The number of nitrogens with one attached hydrogen (secondary N) is 1. The Balaban J connectivity index is 1.80. The molecule has 3 aromatic rings. The van der Waals surface area contributed by atoms with Crippen molar-refractivity contribution in [3.8, 4) is 0 Å². The lowest BCUT2D eigenvalue weighted by Crippen LogP contribution is -2.46. The molecule has 0 bridgehead atoms. The maximum Gasteiger partial charge on any atom is 0.280 e. The second kappa shape index (κ2) is 8.79. The van der Waals surface area contributed by atoms with Crippen molar-refractivity contribution >= 4 is 29.0 Å². The summed E-state index contributed by atoms with van der Waals surface area (Å²) in [5.74, 6) is -0.242. The van der Waals surface area contributed by atoms with Gasteiger partial charge in [0.05, 0.1) is 6.26 Å². The number of hydrogen-bond donors (Lipinski definition) is 1. The molecule has 2 aromatic heterocycles. The summed E-state index contributed by atoms with van der Waals surface area (Å²) < 4.78 is 9.45. The van der Waals surface area contributed by atoms with Gasteiger partial charge in [-0.1, -0.05) is 35.0 Å². The molecule has 1 N–H and O–H groups in total. The number of amides is 2. The topological polar surface area (TPSA) is 88.3 Å². The minimum Gasteiger partial charge on any atom is -0.467 e. The number of hydrogen-bond acceptors (Lipinski definition) is 6. The first-order valence-electron chi connectivity index (χ1n) is 10.1. The molecule has 1 atom stereocenters. The lowest BCUT2D eigenvalue weighted by Gasteiger charge is -2.31. The molecular formula is C22H24N4O3S. The molecule has 1 aliphatic rings. The van der Waals surface area contributed by atoms with Crippen molar-refractivity contribution in [2.24, 2.45) is 0 Å². The van der Waals surface area contributed by atoms with E-state index < -0.39 is 11.9 Å². The van der Waals surface area contributed by atoms with Crippen LogP contribution in [0.4, 0.5) is 5.69 Å². The molecule has 8 heteroatoms. The predicted molar refractivity (Wildman–Crippen MR) is 114 cm³/mol. The van der Waals surface area contributed by atoms with E-state index >= 15 is 0 Å². The molecule has 2 amide bonds. The minimum absolute atomic E-state index is 0.118. The van der Waals surface area contributed by atoms with Gasteiger partial charge in [0.25, 0.3) is 11.8 Å². The molecule has 4 rings (SSSR count). The van der Waals surface area contributed by atoms with Crippen molar-refractivity contribution in [2.45, 2.75) is 51.6 Å². The molecule has 0 saturated heterocycles. The zero-order chi connectivity index (χ0) is 21.1. The van der Waals surface area contributed by atoms with Crippen LogP contribution in [-0.2, 0) is 4.79 Å². The van der Waals surface area contributed by atoms with E-state index in [1.54, 1.807) is 17.5 Å². The molecule has 0 spiro atoms. The normalized spacial score (nSPS) is 15.1. The van der Waals surface area contributed by atoms with Crippen molar-refractivity contribution in [3.63, 3.8) is 0 Å². The van der Waals surface area contributed by atoms with Crippen molar-refractivity contribution in [1.82, 2.24) is 14.9 Å². The first-order chi connectivity index (χ1) is 14.5. The summed E-state index contributed by atoms with van der Waals surface area (Å²) in [7, 11) is 0. The van der Waals surface area contributed by atoms with Gasteiger partial charge in [-0.2, -0.15) is 0 Å². The van der Waals surface area contributed by atoms with E-state index in [4.69, 9.17) is 4.42 Å². The average molecular weight is 425 g/mol. The van der Waals surface area contributed by atoms with Crippen LogP contribution >= 0.6 is 11.5 Å². The Bertz CT molecular complexity index is 1010. The first-order valence-corrected chi connectivity index (χ1v) is 10.9. The number of nitrogens with zero attached hydrogens (tertiary/aromatic N) is 3. The molecule has 2 heterocycles. The highest BCUT2D eigenvalue weighted by molar-refractivity contribution is 7.03. The highest BCUT2D eigenvalue weighted by Gasteiger charge is 2.38. The summed E-state index contributed by atoms with van der Waals surface area (Å²) in [6.45, 7) is 3.92. The fourth-order valence-corrected chi connectivity index (χ4v) is 4.42. The standard InChI is InChI=1S/C22H24N4O3S/c1-14-9-10-18(15(2)12-14)26(22(28)17-13-30-25-24-17)20(19-8-5-11-29-19)21(27)23-16-6-3-4-7-16/h5,8-13,16,20H,3-4,6-7H2,1-2H3,(H,23,27)/t20-/m1/s1. The molecule has 0 radical (unpaired) electrons. The van der Waals surface area contributed by atoms with Crippen LogP contribution in [0.2, 0.25) is 0 Å². The van der Waals surface area contributed by atoms with Crippen LogP contribution in [0.25, 0.3) is 0 Å². The SMILES string of the molecule is Cc1ccc(N(C(=O)c2csnn2)[C@@H](C(=O)NC2CCCC2)c2ccco2)c(C)c1. The molecule has 0 unspecified atom stereocenters. The van der Waals surface area contributed by atoms with E-state index in [-0.39, 0.29) is 17.6 Å². The Kier molecular flexibility index (Phi) is 5.94. The van der Waals surface area contributed by atoms with Crippen LogP contribution in [-0.4, -0.2) is 27.4 Å². The third-order valence-corrected chi connectivity index (χ3v) is 5.94. The fourth-order valence-electron chi connectivity index (χ4n) is 3.99. The lowest BCUT2D eigenvalue weighted by atomic mass is 10.0. The van der Waals surface area contributed by atoms with Gasteiger partial charge in [-0.25, -0.2) is 0 Å². The van der Waals surface area contributed by atoms with Crippen LogP contribution in [0.1, 0.15) is 59.1 Å². The summed E-state index contributed by atoms with van der Waals surface area (Å²) in [5, 5.41) is 8.66. The Morgan fingerprint density at radius 3 is 2.67 bits per heavy atom. The number of carbonyl (C=O) groups excluding carboxylic acids is 2. The van der Waals surface area contributed by atoms with Crippen LogP contribution in [0.15, 0.2) is 46.4 Å². The Labute approximate surface area is 179 Å². The molecule has 30 heavy (non-hydrogen) atoms. The van der Waals surface area contributed by atoms with E-state index in [0.29, 0.717) is 11.4 Å². The van der Waals surface area contributed by atoms with E-state index in [1.165, 1.54) is 11.2 Å². The van der Waals surface area contributed by atoms with Gasteiger partial charge in [0.1, 0.15) is 5.76 Å². The van der Waals surface area contributed by atoms with Gasteiger partial charge in [0.15, 0.2) is 11.7 Å². The van der Waals surface area contributed by atoms with Crippen molar-refractivity contribution in [3.05, 3.63) is 64.6 Å². The van der Waals surface area contributed by atoms with Crippen molar-refractivity contribution in [2.75, 3.05) is 4.90 Å². The molecule has 156 valence electrons. The van der Waals surface area contributed by atoms with Crippen molar-refractivity contribution < 1.29 is 14.0 Å². The highest BCUT2D eigenvalue weighted by atomic mass is 32.1. The monoisotopic (exact) mass is 424 g/mol. The highest BCUT2D eigenvalue weighted by Crippen LogP contribution is 2.33. The van der Waals surface area contributed by atoms with E-state index in [9.17, 15) is 9.59 Å². The van der Waals surface area contributed by atoms with Gasteiger partial charge in [-0.3, -0.25) is 14.5 Å². The lowest BCUT2D eigenvalue weighted by molar-refractivity contribution is -0.123. The first kappa shape index (κ1) is 20.3. The Morgan fingerprint density at radius 1 is 1.23 bits per heavy atom. The summed E-state index contributed by atoms with van der Waals surface area (Å²) in [6.07, 6.45) is 5.61. The third kappa shape index (κ3) is 4.14. The Hall–Kier alpha value is -3.00. The van der Waals surface area contributed by atoms with E-state index in [1.807, 2.05) is 32.0 Å². The van der Waals surface area contributed by atoms with E-state index in [2.05, 4.69) is 14.9 Å². The van der Waals surface area contributed by atoms with Gasteiger partial charge in [0.2, 0.25) is 0 Å². The van der Waals surface area contributed by atoms with Crippen LogP contribution < -0.4 is 10.2 Å².